The molecule has 0 unspecified atom stereocenters. The Balaban J connectivity index is 1.92. The molecule has 0 bridgehead atoms. The Morgan fingerprint density at radius 2 is 1.65 bits per heavy atom. The highest BCUT2D eigenvalue weighted by Gasteiger charge is 2.07. The second-order valence-corrected chi connectivity index (χ2v) is 5.62. The maximum atomic E-state index is 11.0. The van der Waals surface area contributed by atoms with Gasteiger partial charge in [-0.25, -0.2) is 4.98 Å². The van der Waals surface area contributed by atoms with Gasteiger partial charge in [0.25, 0.3) is 5.24 Å². The molecule has 3 rings (SSSR count). The molecule has 0 fully saturated rings. The Morgan fingerprint density at radius 1 is 0.950 bits per heavy atom. The standard InChI is InChI=1S/C16H10ClNOS/c17-15(19)12-6-8-13(9-7-12)16-18-10-14(20-16)11-4-2-1-3-5-11/h1-10H. The van der Waals surface area contributed by atoms with E-state index in [1.165, 1.54) is 0 Å². The van der Waals surface area contributed by atoms with Crippen molar-refractivity contribution >= 4 is 28.2 Å². The molecule has 0 saturated heterocycles. The van der Waals surface area contributed by atoms with Gasteiger partial charge in [0.05, 0.1) is 4.88 Å². The summed E-state index contributed by atoms with van der Waals surface area (Å²) in [6, 6.07) is 17.3. The minimum atomic E-state index is -0.444. The van der Waals surface area contributed by atoms with Gasteiger partial charge in [0, 0.05) is 17.3 Å². The molecule has 4 heteroatoms. The van der Waals surface area contributed by atoms with E-state index in [0.717, 1.165) is 21.0 Å². The summed E-state index contributed by atoms with van der Waals surface area (Å²) in [4.78, 5) is 16.6. The zero-order chi connectivity index (χ0) is 13.9. The van der Waals surface area contributed by atoms with E-state index >= 15 is 0 Å². The zero-order valence-corrected chi connectivity index (χ0v) is 12.0. The van der Waals surface area contributed by atoms with Crippen molar-refractivity contribution < 1.29 is 4.79 Å². The van der Waals surface area contributed by atoms with Crippen molar-refractivity contribution in [2.75, 3.05) is 0 Å². The minimum absolute atomic E-state index is 0.444. The van der Waals surface area contributed by atoms with Gasteiger partial charge in [-0.3, -0.25) is 4.79 Å². The van der Waals surface area contributed by atoms with Gasteiger partial charge < -0.3 is 0 Å². The Morgan fingerprint density at radius 3 is 2.30 bits per heavy atom. The van der Waals surface area contributed by atoms with Crippen molar-refractivity contribution in [3.05, 3.63) is 66.4 Å². The maximum Gasteiger partial charge on any atom is 0.252 e. The number of benzene rings is 2. The zero-order valence-electron chi connectivity index (χ0n) is 10.4. The first-order chi connectivity index (χ1) is 9.74. The third-order valence-corrected chi connectivity index (χ3v) is 4.24. The van der Waals surface area contributed by atoms with Crippen LogP contribution < -0.4 is 0 Å². The molecule has 20 heavy (non-hydrogen) atoms. The number of nitrogens with zero attached hydrogens (tertiary/aromatic N) is 1. The van der Waals surface area contributed by atoms with E-state index in [1.54, 1.807) is 23.5 Å². The number of thiazole rings is 1. The highest BCUT2D eigenvalue weighted by atomic mass is 35.5. The second-order valence-electron chi connectivity index (χ2n) is 4.25. The number of aromatic nitrogens is 1. The molecule has 0 saturated carbocycles. The van der Waals surface area contributed by atoms with Gasteiger partial charge in [-0.2, -0.15) is 0 Å². The Kier molecular flexibility index (Phi) is 3.63. The first kappa shape index (κ1) is 13.0. The van der Waals surface area contributed by atoms with Gasteiger partial charge in [-0.1, -0.05) is 42.5 Å². The fourth-order valence-electron chi connectivity index (χ4n) is 1.89. The third-order valence-electron chi connectivity index (χ3n) is 2.92. The fourth-order valence-corrected chi connectivity index (χ4v) is 2.94. The van der Waals surface area contributed by atoms with Crippen LogP contribution in [0.5, 0.6) is 0 Å². The van der Waals surface area contributed by atoms with Crippen molar-refractivity contribution in [3.63, 3.8) is 0 Å². The van der Waals surface area contributed by atoms with E-state index in [4.69, 9.17) is 11.6 Å². The number of hydrogen-bond donors (Lipinski definition) is 0. The van der Waals surface area contributed by atoms with Crippen LogP contribution in [0.25, 0.3) is 21.0 Å². The molecule has 0 radical (unpaired) electrons. The predicted octanol–water partition coefficient (Wildman–Crippen LogP) is 4.86. The highest BCUT2D eigenvalue weighted by Crippen LogP contribution is 2.31. The van der Waals surface area contributed by atoms with E-state index in [1.807, 2.05) is 36.5 Å². The van der Waals surface area contributed by atoms with Crippen LogP contribution in [-0.4, -0.2) is 10.2 Å². The molecule has 0 N–H and O–H groups in total. The van der Waals surface area contributed by atoms with Gasteiger partial charge in [-0.05, 0) is 29.3 Å². The van der Waals surface area contributed by atoms with Gasteiger partial charge in [-0.15, -0.1) is 11.3 Å². The number of hydrogen-bond acceptors (Lipinski definition) is 3. The molecule has 0 aliphatic carbocycles. The summed E-state index contributed by atoms with van der Waals surface area (Å²) in [7, 11) is 0. The smallest absolute Gasteiger partial charge is 0.252 e. The van der Waals surface area contributed by atoms with E-state index < -0.39 is 5.24 Å². The largest absolute Gasteiger partial charge is 0.276 e. The van der Waals surface area contributed by atoms with Crippen LogP contribution in [0.2, 0.25) is 0 Å². The molecule has 3 aromatic rings. The number of halogens is 1. The van der Waals surface area contributed by atoms with Crippen molar-refractivity contribution in [1.82, 2.24) is 4.98 Å². The number of rotatable bonds is 3. The predicted molar refractivity (Wildman–Crippen MR) is 83.2 cm³/mol. The Labute approximate surface area is 125 Å². The summed E-state index contributed by atoms with van der Waals surface area (Å²) in [6.45, 7) is 0. The lowest BCUT2D eigenvalue weighted by Crippen LogP contribution is -1.87. The molecule has 0 atom stereocenters. The maximum absolute atomic E-state index is 11.0. The van der Waals surface area contributed by atoms with Crippen molar-refractivity contribution in [3.8, 4) is 21.0 Å². The lowest BCUT2D eigenvalue weighted by atomic mass is 10.1. The quantitative estimate of drug-likeness (QED) is 0.647. The van der Waals surface area contributed by atoms with Crippen LogP contribution in [0.4, 0.5) is 0 Å². The van der Waals surface area contributed by atoms with Gasteiger partial charge in [0.2, 0.25) is 0 Å². The molecule has 0 spiro atoms. The van der Waals surface area contributed by atoms with Crippen LogP contribution >= 0.6 is 22.9 Å². The Hall–Kier alpha value is -1.97. The summed E-state index contributed by atoms with van der Waals surface area (Å²) < 4.78 is 0. The molecule has 0 aliphatic rings. The van der Waals surface area contributed by atoms with Crippen molar-refractivity contribution in [1.29, 1.82) is 0 Å². The van der Waals surface area contributed by atoms with E-state index in [9.17, 15) is 4.79 Å². The fraction of sp³-hybridized carbons (Fsp3) is 0. The summed E-state index contributed by atoms with van der Waals surface area (Å²) in [6.07, 6.45) is 1.87. The van der Waals surface area contributed by atoms with Crippen LogP contribution in [-0.2, 0) is 0 Å². The SMILES string of the molecule is O=C(Cl)c1ccc(-c2ncc(-c3ccccc3)s2)cc1. The Bertz CT molecular complexity index is 735. The topological polar surface area (TPSA) is 30.0 Å². The lowest BCUT2D eigenvalue weighted by molar-refractivity contribution is 0.108. The lowest BCUT2D eigenvalue weighted by Gasteiger charge is -1.97. The number of carbonyl (C=O) groups excluding carboxylic acids is 1. The normalized spacial score (nSPS) is 10.4. The van der Waals surface area contributed by atoms with Crippen LogP contribution in [0.3, 0.4) is 0 Å². The minimum Gasteiger partial charge on any atom is -0.276 e. The molecule has 98 valence electrons. The monoisotopic (exact) mass is 299 g/mol. The average Bonchev–Trinajstić information content (AvgIpc) is 2.98. The molecular weight excluding hydrogens is 290 g/mol. The molecule has 2 nitrogen and oxygen atoms in total. The molecule has 1 heterocycles. The van der Waals surface area contributed by atoms with Gasteiger partial charge in [0.15, 0.2) is 0 Å². The first-order valence-corrected chi connectivity index (χ1v) is 7.25. The van der Waals surface area contributed by atoms with Crippen LogP contribution in [0.1, 0.15) is 10.4 Å². The number of carbonyl (C=O) groups is 1. The third kappa shape index (κ3) is 2.64. The van der Waals surface area contributed by atoms with Crippen molar-refractivity contribution in [2.45, 2.75) is 0 Å². The summed E-state index contributed by atoms with van der Waals surface area (Å²) in [5.74, 6) is 0. The summed E-state index contributed by atoms with van der Waals surface area (Å²) >= 11 is 7.06. The first-order valence-electron chi connectivity index (χ1n) is 6.05. The van der Waals surface area contributed by atoms with Crippen molar-refractivity contribution in [2.24, 2.45) is 0 Å². The molecular formula is C16H10ClNOS. The van der Waals surface area contributed by atoms with E-state index in [-0.39, 0.29) is 0 Å². The van der Waals surface area contributed by atoms with Crippen LogP contribution in [0.15, 0.2) is 60.8 Å². The summed E-state index contributed by atoms with van der Waals surface area (Å²) in [5, 5.41) is 0.484. The van der Waals surface area contributed by atoms with Crippen LogP contribution in [0, 0.1) is 0 Å². The molecule has 2 aromatic carbocycles. The molecule has 1 aromatic heterocycles. The second kappa shape index (κ2) is 5.57. The van der Waals surface area contributed by atoms with E-state index in [2.05, 4.69) is 17.1 Å². The van der Waals surface area contributed by atoms with E-state index in [0.29, 0.717) is 5.56 Å². The molecule has 0 amide bonds. The average molecular weight is 300 g/mol. The highest BCUT2D eigenvalue weighted by molar-refractivity contribution is 7.18. The summed E-state index contributed by atoms with van der Waals surface area (Å²) in [5.41, 5.74) is 2.64. The van der Waals surface area contributed by atoms with Gasteiger partial charge in [0.1, 0.15) is 5.01 Å². The molecule has 0 aliphatic heterocycles. The van der Waals surface area contributed by atoms with Gasteiger partial charge >= 0.3 is 0 Å².